The summed E-state index contributed by atoms with van der Waals surface area (Å²) in [4.78, 5) is 23.0. The molecule has 31 heavy (non-hydrogen) atoms. The second kappa shape index (κ2) is 8.22. The number of hydrogen-bond donors (Lipinski definition) is 1. The molecule has 0 spiro atoms. The van der Waals surface area contributed by atoms with E-state index in [1.165, 1.54) is 11.1 Å². The lowest BCUT2D eigenvalue weighted by molar-refractivity contribution is 0.209. The van der Waals surface area contributed by atoms with Gasteiger partial charge >= 0.3 is 6.03 Å². The zero-order valence-corrected chi connectivity index (χ0v) is 17.5. The summed E-state index contributed by atoms with van der Waals surface area (Å²) in [7, 11) is 1.68. The van der Waals surface area contributed by atoms with E-state index in [4.69, 9.17) is 4.98 Å². The number of nitrogens with zero attached hydrogens (tertiary/aromatic N) is 4. The van der Waals surface area contributed by atoms with Crippen molar-refractivity contribution in [3.63, 3.8) is 0 Å². The summed E-state index contributed by atoms with van der Waals surface area (Å²) in [5.74, 6) is 1.34. The fourth-order valence-corrected chi connectivity index (χ4v) is 4.41. The van der Waals surface area contributed by atoms with Gasteiger partial charge < -0.3 is 14.8 Å². The molecule has 1 N–H and O–H groups in total. The highest BCUT2D eigenvalue weighted by Crippen LogP contribution is 2.29. The van der Waals surface area contributed by atoms with E-state index in [-0.39, 0.29) is 6.03 Å². The number of imidazole rings is 1. The van der Waals surface area contributed by atoms with Gasteiger partial charge in [-0.1, -0.05) is 54.6 Å². The lowest BCUT2D eigenvalue weighted by Crippen LogP contribution is -2.36. The Kier molecular flexibility index (Phi) is 5.12. The third kappa shape index (κ3) is 3.77. The summed E-state index contributed by atoms with van der Waals surface area (Å²) in [5.41, 5.74) is 5.44. The number of rotatable bonds is 4. The Labute approximate surface area is 181 Å². The highest BCUT2D eigenvalue weighted by Gasteiger charge is 2.27. The summed E-state index contributed by atoms with van der Waals surface area (Å²) in [6.45, 7) is 2.38. The van der Waals surface area contributed by atoms with Crippen LogP contribution in [0.3, 0.4) is 0 Å². The van der Waals surface area contributed by atoms with Crippen LogP contribution in [0.4, 0.5) is 4.79 Å². The summed E-state index contributed by atoms with van der Waals surface area (Å²) in [6.07, 6.45) is 4.62. The maximum Gasteiger partial charge on any atom is 0.317 e. The normalized spacial score (nSPS) is 16.0. The van der Waals surface area contributed by atoms with Crippen LogP contribution in [-0.2, 0) is 6.54 Å². The molecule has 6 nitrogen and oxygen atoms in total. The molecule has 2 aromatic carbocycles. The van der Waals surface area contributed by atoms with Gasteiger partial charge in [0, 0.05) is 38.4 Å². The van der Waals surface area contributed by atoms with Crippen LogP contribution in [0, 0.1) is 5.92 Å². The van der Waals surface area contributed by atoms with Crippen molar-refractivity contribution in [1.82, 2.24) is 24.8 Å². The van der Waals surface area contributed by atoms with E-state index in [1.54, 1.807) is 7.05 Å². The Morgan fingerprint density at radius 2 is 1.77 bits per heavy atom. The van der Waals surface area contributed by atoms with Crippen LogP contribution in [0.2, 0.25) is 0 Å². The van der Waals surface area contributed by atoms with Crippen molar-refractivity contribution in [3.8, 4) is 22.5 Å². The third-order valence-electron chi connectivity index (χ3n) is 6.03. The topological polar surface area (TPSA) is 63.1 Å². The molecular weight excluding hydrogens is 386 g/mol. The van der Waals surface area contributed by atoms with Crippen molar-refractivity contribution in [2.75, 3.05) is 20.1 Å². The number of benzene rings is 2. The number of carbonyl (C=O) groups excluding carboxylic acids is 1. The van der Waals surface area contributed by atoms with Crippen molar-refractivity contribution in [2.24, 2.45) is 5.92 Å². The molecule has 1 saturated heterocycles. The second-order valence-electron chi connectivity index (χ2n) is 8.01. The van der Waals surface area contributed by atoms with Crippen molar-refractivity contribution < 1.29 is 4.79 Å². The minimum atomic E-state index is -0.00101. The lowest BCUT2D eigenvalue weighted by atomic mass is 10.0. The fourth-order valence-electron chi connectivity index (χ4n) is 4.41. The van der Waals surface area contributed by atoms with Gasteiger partial charge in [-0.25, -0.2) is 9.78 Å². The zero-order valence-electron chi connectivity index (χ0n) is 17.5. The van der Waals surface area contributed by atoms with Crippen LogP contribution in [0.25, 0.3) is 33.5 Å². The smallest absolute Gasteiger partial charge is 0.317 e. The first-order valence-electron chi connectivity index (χ1n) is 10.7. The molecular formula is C25H25N5O. The number of fused-ring (bicyclic) bond motifs is 1. The van der Waals surface area contributed by atoms with Crippen LogP contribution >= 0.6 is 0 Å². The van der Waals surface area contributed by atoms with Crippen LogP contribution < -0.4 is 5.32 Å². The quantitative estimate of drug-likeness (QED) is 0.540. The molecule has 5 rings (SSSR count). The standard InChI is InChI=1S/C25H25N5O/c1-26-25(31)29-14-12-18(16-29)17-30-23-11-13-27-15-22(23)28-24(30)21-9-7-20(8-10-21)19-5-3-2-4-6-19/h2-11,13,15,18H,12,14,16-17H2,1H3,(H,26,31)/t18-/m0/s1. The highest BCUT2D eigenvalue weighted by atomic mass is 16.2. The molecule has 2 aromatic heterocycles. The van der Waals surface area contributed by atoms with Crippen LogP contribution in [-0.4, -0.2) is 45.6 Å². The molecule has 0 aliphatic carbocycles. The SMILES string of the molecule is CNC(=O)N1CC[C@H](Cn2c(-c3ccc(-c4ccccc4)cc3)nc3cnccc32)C1. The molecule has 1 atom stereocenters. The van der Waals surface area contributed by atoms with E-state index in [0.717, 1.165) is 48.5 Å². The Balaban J connectivity index is 1.47. The predicted molar refractivity (Wildman–Crippen MR) is 123 cm³/mol. The molecule has 0 unspecified atom stereocenters. The van der Waals surface area contributed by atoms with Crippen molar-refractivity contribution >= 4 is 17.1 Å². The van der Waals surface area contributed by atoms with Gasteiger partial charge in [-0.3, -0.25) is 4.98 Å². The average molecular weight is 412 g/mol. The van der Waals surface area contributed by atoms with Gasteiger partial charge in [0.15, 0.2) is 0 Å². The Morgan fingerprint density at radius 3 is 2.55 bits per heavy atom. The molecule has 1 aliphatic rings. The van der Waals surface area contributed by atoms with Gasteiger partial charge in [-0.15, -0.1) is 0 Å². The van der Waals surface area contributed by atoms with Crippen molar-refractivity contribution in [2.45, 2.75) is 13.0 Å². The summed E-state index contributed by atoms with van der Waals surface area (Å²) in [6, 6.07) is 21.0. The molecule has 3 heterocycles. The second-order valence-corrected chi connectivity index (χ2v) is 8.01. The number of aromatic nitrogens is 3. The molecule has 1 fully saturated rings. The maximum atomic E-state index is 12.0. The monoisotopic (exact) mass is 411 g/mol. The highest BCUT2D eigenvalue weighted by molar-refractivity contribution is 5.80. The van der Waals surface area contributed by atoms with E-state index in [9.17, 15) is 4.79 Å². The first-order valence-corrected chi connectivity index (χ1v) is 10.7. The number of likely N-dealkylation sites (tertiary alicyclic amines) is 1. The van der Waals surface area contributed by atoms with E-state index in [0.29, 0.717) is 5.92 Å². The number of carbonyl (C=O) groups is 1. The summed E-state index contributed by atoms with van der Waals surface area (Å²) in [5, 5.41) is 2.73. The Morgan fingerprint density at radius 1 is 1.03 bits per heavy atom. The maximum absolute atomic E-state index is 12.0. The first kappa shape index (κ1) is 19.3. The third-order valence-corrected chi connectivity index (χ3v) is 6.03. The van der Waals surface area contributed by atoms with Crippen molar-refractivity contribution in [1.29, 1.82) is 0 Å². The lowest BCUT2D eigenvalue weighted by Gasteiger charge is -2.17. The fraction of sp³-hybridized carbons (Fsp3) is 0.240. The van der Waals surface area contributed by atoms with Crippen LogP contribution in [0.5, 0.6) is 0 Å². The van der Waals surface area contributed by atoms with Gasteiger partial charge in [0.2, 0.25) is 0 Å². The van der Waals surface area contributed by atoms with Gasteiger partial charge in [-0.05, 0) is 29.5 Å². The van der Waals surface area contributed by atoms with Crippen molar-refractivity contribution in [3.05, 3.63) is 73.1 Å². The first-order chi connectivity index (χ1) is 15.2. The number of nitrogens with one attached hydrogen (secondary N) is 1. The average Bonchev–Trinajstić information content (AvgIpc) is 3.45. The molecule has 156 valence electrons. The Hall–Kier alpha value is -3.67. The van der Waals surface area contributed by atoms with E-state index >= 15 is 0 Å². The largest absolute Gasteiger partial charge is 0.341 e. The number of pyridine rings is 1. The molecule has 1 aliphatic heterocycles. The minimum Gasteiger partial charge on any atom is -0.341 e. The molecule has 0 bridgehead atoms. The summed E-state index contributed by atoms with van der Waals surface area (Å²) >= 11 is 0. The van der Waals surface area contributed by atoms with Gasteiger partial charge in [0.05, 0.1) is 11.7 Å². The predicted octanol–water partition coefficient (Wildman–Crippen LogP) is 4.43. The number of amides is 2. The van der Waals surface area contributed by atoms with Gasteiger partial charge in [0.25, 0.3) is 0 Å². The van der Waals surface area contributed by atoms with Crippen LogP contribution in [0.15, 0.2) is 73.1 Å². The van der Waals surface area contributed by atoms with Gasteiger partial charge in [-0.2, -0.15) is 0 Å². The zero-order chi connectivity index (χ0) is 21.2. The Bertz CT molecular complexity index is 1200. The van der Waals surface area contributed by atoms with Gasteiger partial charge in [0.1, 0.15) is 11.3 Å². The number of hydrogen-bond acceptors (Lipinski definition) is 3. The number of urea groups is 1. The molecule has 0 saturated carbocycles. The van der Waals surface area contributed by atoms with E-state index in [1.807, 2.05) is 29.4 Å². The molecule has 6 heteroatoms. The molecule has 4 aromatic rings. The minimum absolute atomic E-state index is 0.00101. The summed E-state index contributed by atoms with van der Waals surface area (Å²) < 4.78 is 2.28. The molecule has 2 amide bonds. The van der Waals surface area contributed by atoms with E-state index in [2.05, 4.69) is 63.4 Å². The molecule has 0 radical (unpaired) electrons. The van der Waals surface area contributed by atoms with Crippen LogP contribution in [0.1, 0.15) is 6.42 Å². The van der Waals surface area contributed by atoms with E-state index < -0.39 is 0 Å².